The summed E-state index contributed by atoms with van der Waals surface area (Å²) < 4.78 is 19.2. The van der Waals surface area contributed by atoms with E-state index in [0.29, 0.717) is 11.4 Å². The molecule has 1 amide bonds. The zero-order valence-corrected chi connectivity index (χ0v) is 13.6. The smallest absolute Gasteiger partial charge is 0.260 e. The summed E-state index contributed by atoms with van der Waals surface area (Å²) in [6, 6.07) is 12.9. The Bertz CT molecular complexity index is 719. The van der Waals surface area contributed by atoms with Gasteiger partial charge in [0.15, 0.2) is 5.11 Å². The van der Waals surface area contributed by atoms with Crippen molar-refractivity contribution < 1.29 is 13.9 Å². The van der Waals surface area contributed by atoms with Crippen LogP contribution in [0.3, 0.4) is 0 Å². The molecule has 120 valence electrons. The van der Waals surface area contributed by atoms with E-state index in [1.807, 2.05) is 26.0 Å². The van der Waals surface area contributed by atoms with E-state index in [9.17, 15) is 9.18 Å². The number of benzene rings is 2. The van der Waals surface area contributed by atoms with Crippen LogP contribution in [0.2, 0.25) is 0 Å². The SMILES string of the molecule is CC(C)Oc1ccccc1NC(=S)NC(=O)c1ccccc1F. The fourth-order valence-corrected chi connectivity index (χ4v) is 2.10. The lowest BCUT2D eigenvalue weighted by molar-refractivity contribution is 0.0974. The normalized spacial score (nSPS) is 10.3. The van der Waals surface area contributed by atoms with Gasteiger partial charge in [-0.2, -0.15) is 0 Å². The second kappa shape index (κ2) is 7.69. The molecule has 0 aromatic heterocycles. The quantitative estimate of drug-likeness (QED) is 0.838. The minimum absolute atomic E-state index is 0.000438. The zero-order valence-electron chi connectivity index (χ0n) is 12.8. The molecule has 0 unspecified atom stereocenters. The number of hydrogen-bond donors (Lipinski definition) is 2. The number of anilines is 1. The van der Waals surface area contributed by atoms with E-state index in [1.165, 1.54) is 18.2 Å². The molecule has 2 aromatic rings. The van der Waals surface area contributed by atoms with Crippen molar-refractivity contribution in [2.24, 2.45) is 0 Å². The van der Waals surface area contributed by atoms with Crippen LogP contribution in [0.4, 0.5) is 10.1 Å². The Morgan fingerprint density at radius 3 is 2.48 bits per heavy atom. The third kappa shape index (κ3) is 4.75. The minimum atomic E-state index is -0.608. The van der Waals surface area contributed by atoms with Gasteiger partial charge in [0, 0.05) is 0 Å². The van der Waals surface area contributed by atoms with Crippen LogP contribution in [0.25, 0.3) is 0 Å². The van der Waals surface area contributed by atoms with Crippen LogP contribution in [0.5, 0.6) is 5.75 Å². The summed E-state index contributed by atoms with van der Waals surface area (Å²) in [4.78, 5) is 12.0. The molecule has 0 atom stereocenters. The molecular formula is C17H17FN2O2S. The van der Waals surface area contributed by atoms with Gasteiger partial charge in [0.05, 0.1) is 17.4 Å². The monoisotopic (exact) mass is 332 g/mol. The highest BCUT2D eigenvalue weighted by atomic mass is 32.1. The van der Waals surface area contributed by atoms with Crippen molar-refractivity contribution in [1.29, 1.82) is 0 Å². The summed E-state index contributed by atoms with van der Waals surface area (Å²) >= 11 is 5.11. The molecule has 0 aliphatic carbocycles. The van der Waals surface area contributed by atoms with Gasteiger partial charge in [-0.3, -0.25) is 10.1 Å². The molecule has 2 rings (SSSR count). The van der Waals surface area contributed by atoms with Crippen molar-refractivity contribution in [3.05, 3.63) is 59.9 Å². The molecule has 0 saturated carbocycles. The van der Waals surface area contributed by atoms with E-state index in [1.54, 1.807) is 18.2 Å². The lowest BCUT2D eigenvalue weighted by Gasteiger charge is -2.16. The molecule has 0 bridgehead atoms. The lowest BCUT2D eigenvalue weighted by atomic mass is 10.2. The number of thiocarbonyl (C=S) groups is 1. The molecule has 0 radical (unpaired) electrons. The maximum absolute atomic E-state index is 13.6. The van der Waals surface area contributed by atoms with Crippen LogP contribution < -0.4 is 15.4 Å². The molecule has 0 spiro atoms. The van der Waals surface area contributed by atoms with Crippen molar-refractivity contribution in [2.75, 3.05) is 5.32 Å². The molecule has 0 heterocycles. The molecule has 0 fully saturated rings. The minimum Gasteiger partial charge on any atom is -0.489 e. The summed E-state index contributed by atoms with van der Waals surface area (Å²) in [6.07, 6.45) is -0.000438. The first kappa shape index (κ1) is 16.9. The highest BCUT2D eigenvalue weighted by Crippen LogP contribution is 2.24. The van der Waals surface area contributed by atoms with Crippen LogP contribution in [0.1, 0.15) is 24.2 Å². The first-order valence-corrected chi connectivity index (χ1v) is 7.50. The predicted octanol–water partition coefficient (Wildman–Crippen LogP) is 3.74. The van der Waals surface area contributed by atoms with Gasteiger partial charge >= 0.3 is 0 Å². The maximum atomic E-state index is 13.6. The number of nitrogens with one attached hydrogen (secondary N) is 2. The van der Waals surface area contributed by atoms with Crippen LogP contribution in [0.15, 0.2) is 48.5 Å². The van der Waals surface area contributed by atoms with E-state index in [4.69, 9.17) is 17.0 Å². The Labute approximate surface area is 139 Å². The number of halogens is 1. The first-order valence-electron chi connectivity index (χ1n) is 7.10. The highest BCUT2D eigenvalue weighted by molar-refractivity contribution is 7.80. The van der Waals surface area contributed by atoms with Crippen LogP contribution in [-0.2, 0) is 0 Å². The van der Waals surface area contributed by atoms with Crippen molar-refractivity contribution in [3.8, 4) is 5.75 Å². The maximum Gasteiger partial charge on any atom is 0.260 e. The second-order valence-electron chi connectivity index (χ2n) is 5.05. The van der Waals surface area contributed by atoms with Gasteiger partial charge in [-0.15, -0.1) is 0 Å². The van der Waals surface area contributed by atoms with Gasteiger partial charge in [0.2, 0.25) is 0 Å². The third-order valence-electron chi connectivity index (χ3n) is 2.84. The molecular weight excluding hydrogens is 315 g/mol. The standard InChI is InChI=1S/C17H17FN2O2S/c1-11(2)22-15-10-6-5-9-14(15)19-17(23)20-16(21)12-7-3-4-8-13(12)18/h3-11H,1-2H3,(H2,19,20,21,23). The van der Waals surface area contributed by atoms with Gasteiger partial charge in [0.25, 0.3) is 5.91 Å². The van der Waals surface area contributed by atoms with E-state index in [-0.39, 0.29) is 16.8 Å². The topological polar surface area (TPSA) is 50.4 Å². The van der Waals surface area contributed by atoms with Crippen LogP contribution in [0, 0.1) is 5.82 Å². The van der Waals surface area contributed by atoms with Gasteiger partial charge in [-0.1, -0.05) is 24.3 Å². The second-order valence-corrected chi connectivity index (χ2v) is 5.46. The molecule has 23 heavy (non-hydrogen) atoms. The average molecular weight is 332 g/mol. The summed E-state index contributed by atoms with van der Waals surface area (Å²) in [5.41, 5.74) is 0.559. The zero-order chi connectivity index (χ0) is 16.8. The molecule has 0 aliphatic heterocycles. The highest BCUT2D eigenvalue weighted by Gasteiger charge is 2.13. The molecule has 4 nitrogen and oxygen atoms in total. The summed E-state index contributed by atoms with van der Waals surface area (Å²) in [7, 11) is 0. The Morgan fingerprint density at radius 1 is 1.13 bits per heavy atom. The third-order valence-corrected chi connectivity index (χ3v) is 3.05. The molecule has 0 aliphatic rings. The summed E-state index contributed by atoms with van der Waals surface area (Å²) in [6.45, 7) is 3.82. The number of para-hydroxylation sites is 2. The van der Waals surface area contributed by atoms with Gasteiger partial charge in [-0.05, 0) is 50.3 Å². The number of carbonyl (C=O) groups excluding carboxylic acids is 1. The number of ether oxygens (including phenoxy) is 1. The van der Waals surface area contributed by atoms with Crippen LogP contribution in [-0.4, -0.2) is 17.1 Å². The molecule has 0 saturated heterocycles. The van der Waals surface area contributed by atoms with Crippen LogP contribution >= 0.6 is 12.2 Å². The summed E-state index contributed by atoms with van der Waals surface area (Å²) in [5.74, 6) is -0.593. The Morgan fingerprint density at radius 2 is 1.78 bits per heavy atom. The number of hydrogen-bond acceptors (Lipinski definition) is 3. The van der Waals surface area contributed by atoms with Gasteiger partial charge in [0.1, 0.15) is 11.6 Å². The number of carbonyl (C=O) groups is 1. The Hall–Kier alpha value is -2.47. The van der Waals surface area contributed by atoms with Crippen molar-refractivity contribution in [3.63, 3.8) is 0 Å². The van der Waals surface area contributed by atoms with Crippen molar-refractivity contribution >= 4 is 28.9 Å². The van der Waals surface area contributed by atoms with Crippen molar-refractivity contribution in [1.82, 2.24) is 5.32 Å². The largest absolute Gasteiger partial charge is 0.489 e. The van der Waals surface area contributed by atoms with Gasteiger partial charge in [-0.25, -0.2) is 4.39 Å². The fourth-order valence-electron chi connectivity index (χ4n) is 1.90. The summed E-state index contributed by atoms with van der Waals surface area (Å²) in [5, 5.41) is 5.41. The number of amides is 1. The van der Waals surface area contributed by atoms with E-state index in [0.717, 1.165) is 0 Å². The molecule has 2 aromatic carbocycles. The predicted molar refractivity (Wildman–Crippen MR) is 92.3 cm³/mol. The van der Waals surface area contributed by atoms with Crippen molar-refractivity contribution in [2.45, 2.75) is 20.0 Å². The van der Waals surface area contributed by atoms with E-state index in [2.05, 4.69) is 10.6 Å². The molecule has 2 N–H and O–H groups in total. The van der Waals surface area contributed by atoms with E-state index >= 15 is 0 Å². The first-order chi connectivity index (χ1) is 11.0. The van der Waals surface area contributed by atoms with Gasteiger partial charge < -0.3 is 10.1 Å². The Balaban J connectivity index is 2.06. The average Bonchev–Trinajstić information content (AvgIpc) is 2.49. The molecule has 6 heteroatoms. The lowest BCUT2D eigenvalue weighted by Crippen LogP contribution is -2.34. The van der Waals surface area contributed by atoms with E-state index < -0.39 is 11.7 Å². The fraction of sp³-hybridized carbons (Fsp3) is 0.176. The number of rotatable bonds is 4. The Kier molecular flexibility index (Phi) is 5.65.